The molecular formula is C43H46N8O8S. The Kier molecular flexibility index (Phi) is 13.1. The third kappa shape index (κ3) is 9.19. The Hall–Kier alpha value is -5.72. The second-order valence-corrected chi connectivity index (χ2v) is 15.7. The molecule has 312 valence electrons. The van der Waals surface area contributed by atoms with Crippen LogP contribution < -0.4 is 15.8 Å². The smallest absolute Gasteiger partial charge is 0.263 e. The van der Waals surface area contributed by atoms with E-state index < -0.39 is 29.7 Å². The Morgan fingerprint density at radius 2 is 1.48 bits per heavy atom. The van der Waals surface area contributed by atoms with Crippen LogP contribution >= 0.6 is 11.8 Å². The van der Waals surface area contributed by atoms with Gasteiger partial charge in [0.25, 0.3) is 11.8 Å². The minimum absolute atomic E-state index is 0.0762. The first-order chi connectivity index (χ1) is 29.4. The summed E-state index contributed by atoms with van der Waals surface area (Å²) in [6.45, 7) is 5.43. The normalized spacial score (nSPS) is 17.4. The van der Waals surface area contributed by atoms with Crippen molar-refractivity contribution in [3.8, 4) is 22.8 Å². The van der Waals surface area contributed by atoms with Crippen LogP contribution in [-0.2, 0) is 23.8 Å². The number of nitrogens with one attached hydrogen (secondary N) is 1. The quantitative estimate of drug-likeness (QED) is 0.0698. The number of aromatic nitrogens is 4. The summed E-state index contributed by atoms with van der Waals surface area (Å²) in [5, 5.41) is 8.02. The number of nitrogens with two attached hydrogens (primary N) is 1. The summed E-state index contributed by atoms with van der Waals surface area (Å²) in [7, 11) is 0. The molecule has 1 atom stereocenters. The largest absolute Gasteiger partial charge is 0.457 e. The van der Waals surface area contributed by atoms with Crippen molar-refractivity contribution in [1.82, 2.24) is 34.9 Å². The van der Waals surface area contributed by atoms with Crippen molar-refractivity contribution in [2.24, 2.45) is 0 Å². The molecule has 0 bridgehead atoms. The van der Waals surface area contributed by atoms with E-state index in [0.29, 0.717) is 56.1 Å². The fraction of sp³-hybridized carbons (Fsp3) is 0.372. The zero-order chi connectivity index (χ0) is 41.4. The van der Waals surface area contributed by atoms with Gasteiger partial charge in [0, 0.05) is 42.3 Å². The average Bonchev–Trinajstić information content (AvgIpc) is 3.78. The van der Waals surface area contributed by atoms with Gasteiger partial charge in [0.2, 0.25) is 11.8 Å². The Morgan fingerprint density at radius 3 is 2.23 bits per heavy atom. The first kappa shape index (κ1) is 41.0. The van der Waals surface area contributed by atoms with Gasteiger partial charge in [-0.1, -0.05) is 24.3 Å². The lowest BCUT2D eigenvalue weighted by atomic mass is 10.0. The van der Waals surface area contributed by atoms with Crippen molar-refractivity contribution in [3.63, 3.8) is 0 Å². The minimum atomic E-state index is -0.994. The highest BCUT2D eigenvalue weighted by molar-refractivity contribution is 7.99. The number of ether oxygens (including phenoxy) is 4. The fourth-order valence-corrected chi connectivity index (χ4v) is 8.63. The number of benzene rings is 3. The molecule has 0 radical (unpaired) electrons. The van der Waals surface area contributed by atoms with Gasteiger partial charge in [0.1, 0.15) is 35.4 Å². The number of nitrogens with zero attached hydrogens (tertiary/aromatic N) is 6. The monoisotopic (exact) mass is 834 g/mol. The van der Waals surface area contributed by atoms with Crippen LogP contribution in [0.15, 0.2) is 84.0 Å². The number of para-hydroxylation sites is 1. The van der Waals surface area contributed by atoms with Crippen molar-refractivity contribution >= 4 is 52.2 Å². The van der Waals surface area contributed by atoms with E-state index in [1.54, 1.807) is 18.2 Å². The number of hydrogen-bond donors (Lipinski definition) is 2. The zero-order valence-electron chi connectivity index (χ0n) is 33.0. The van der Waals surface area contributed by atoms with Crippen molar-refractivity contribution in [1.29, 1.82) is 0 Å². The van der Waals surface area contributed by atoms with Gasteiger partial charge in [-0.15, -0.1) is 11.8 Å². The van der Waals surface area contributed by atoms with Crippen molar-refractivity contribution < 1.29 is 38.1 Å². The molecule has 3 aromatic carbocycles. The number of likely N-dealkylation sites (tertiary alicyclic amines) is 1. The Balaban J connectivity index is 0.707. The molecule has 0 aliphatic carbocycles. The molecule has 0 saturated carbocycles. The maximum Gasteiger partial charge on any atom is 0.263 e. The van der Waals surface area contributed by atoms with Crippen LogP contribution in [0.3, 0.4) is 0 Å². The van der Waals surface area contributed by atoms with Crippen LogP contribution in [-0.4, -0.2) is 124 Å². The number of thioether (sulfide) groups is 1. The standard InChI is InChI=1S/C43H46N8O8S/c44-39-37-38(28-9-11-31(12-10-28)59-30-5-2-1-3-6-30)48-51(40(37)46-27-45-39)29-15-17-49(18-16-29)19-20-56-21-22-57-23-24-58-25-26-60-34-8-4-7-32-36(34)43(55)50(42(32)54)33-13-14-35(52)47-41(33)53/h1-12,27,29,33H,13-26H2,(H2,44,45,46)(H,47,52,53). The first-order valence-corrected chi connectivity index (χ1v) is 21.1. The van der Waals surface area contributed by atoms with Crippen molar-refractivity contribution in [2.45, 2.75) is 42.7 Å². The van der Waals surface area contributed by atoms with E-state index in [4.69, 9.17) is 29.8 Å². The van der Waals surface area contributed by atoms with E-state index in [-0.39, 0.29) is 30.0 Å². The molecule has 8 rings (SSSR count). The molecule has 17 heteroatoms. The molecule has 5 heterocycles. The SMILES string of the molecule is Nc1ncnc2c1c(-c1ccc(Oc3ccccc3)cc1)nn2C1CCN(CCOCCOCCOCCSc2cccc3c2C(=O)N(C2CCC(=O)NC2=O)C3=O)CC1. The van der Waals surface area contributed by atoms with Crippen LogP contribution in [0, 0.1) is 0 Å². The summed E-state index contributed by atoms with van der Waals surface area (Å²) < 4.78 is 25.3. The average molecular weight is 835 g/mol. The van der Waals surface area contributed by atoms with E-state index in [9.17, 15) is 19.2 Å². The number of amides is 4. The molecule has 1 unspecified atom stereocenters. The maximum absolute atomic E-state index is 13.3. The topological polar surface area (TPSA) is 193 Å². The molecule has 16 nitrogen and oxygen atoms in total. The maximum atomic E-state index is 13.3. The summed E-state index contributed by atoms with van der Waals surface area (Å²) in [6, 6.07) is 21.7. The molecule has 2 saturated heterocycles. The molecule has 5 aromatic rings. The van der Waals surface area contributed by atoms with Crippen LogP contribution in [0.4, 0.5) is 5.82 Å². The number of carbonyl (C=O) groups is 4. The van der Waals surface area contributed by atoms with Crippen LogP contribution in [0.25, 0.3) is 22.3 Å². The molecule has 4 amide bonds. The molecule has 60 heavy (non-hydrogen) atoms. The van der Waals surface area contributed by atoms with Crippen LogP contribution in [0.5, 0.6) is 11.5 Å². The van der Waals surface area contributed by atoms with Gasteiger partial charge in [-0.05, 0) is 67.8 Å². The number of anilines is 1. The molecule has 0 spiro atoms. The van der Waals surface area contributed by atoms with Crippen LogP contribution in [0.2, 0.25) is 0 Å². The second kappa shape index (κ2) is 19.1. The molecule has 3 aliphatic heterocycles. The lowest BCUT2D eigenvalue weighted by Gasteiger charge is -2.32. The zero-order valence-corrected chi connectivity index (χ0v) is 33.8. The van der Waals surface area contributed by atoms with Gasteiger partial charge in [0.15, 0.2) is 5.65 Å². The molecule has 2 aromatic heterocycles. The Labute approximate surface area is 350 Å². The number of fused-ring (bicyclic) bond motifs is 2. The third-order valence-electron chi connectivity index (χ3n) is 10.7. The van der Waals surface area contributed by atoms with Gasteiger partial charge in [0.05, 0.1) is 62.2 Å². The lowest BCUT2D eigenvalue weighted by molar-refractivity contribution is -0.136. The number of nitrogen functional groups attached to an aromatic ring is 1. The predicted octanol–water partition coefficient (Wildman–Crippen LogP) is 4.75. The third-order valence-corrected chi connectivity index (χ3v) is 11.8. The lowest BCUT2D eigenvalue weighted by Crippen LogP contribution is -2.54. The van der Waals surface area contributed by atoms with E-state index in [1.165, 1.54) is 18.1 Å². The molecule has 2 fully saturated rings. The van der Waals surface area contributed by atoms with E-state index in [2.05, 4.69) is 20.2 Å². The molecule has 3 N–H and O–H groups in total. The van der Waals surface area contributed by atoms with E-state index in [1.807, 2.05) is 59.3 Å². The fourth-order valence-electron chi connectivity index (χ4n) is 7.70. The molecular weight excluding hydrogens is 789 g/mol. The predicted molar refractivity (Wildman–Crippen MR) is 223 cm³/mol. The summed E-state index contributed by atoms with van der Waals surface area (Å²) in [4.78, 5) is 63.2. The minimum Gasteiger partial charge on any atom is -0.457 e. The van der Waals surface area contributed by atoms with E-state index >= 15 is 0 Å². The summed E-state index contributed by atoms with van der Waals surface area (Å²) in [6.07, 6.45) is 3.52. The Morgan fingerprint density at radius 1 is 0.767 bits per heavy atom. The van der Waals surface area contributed by atoms with Gasteiger partial charge in [-0.25, -0.2) is 14.6 Å². The summed E-state index contributed by atoms with van der Waals surface area (Å²) in [5.74, 6) is 0.396. The number of rotatable bonds is 18. The number of carbonyl (C=O) groups excluding carboxylic acids is 4. The van der Waals surface area contributed by atoms with Gasteiger partial charge < -0.3 is 29.6 Å². The van der Waals surface area contributed by atoms with Crippen molar-refractivity contribution in [3.05, 3.63) is 90.3 Å². The highest BCUT2D eigenvalue weighted by atomic mass is 32.2. The van der Waals surface area contributed by atoms with Gasteiger partial charge in [-0.3, -0.25) is 29.4 Å². The molecule has 3 aliphatic rings. The van der Waals surface area contributed by atoms with E-state index in [0.717, 1.165) is 71.2 Å². The Bertz CT molecular complexity index is 2340. The second-order valence-electron chi connectivity index (χ2n) is 14.6. The number of imide groups is 2. The number of piperidine rings is 2. The highest BCUT2D eigenvalue weighted by Crippen LogP contribution is 2.36. The van der Waals surface area contributed by atoms with Crippen molar-refractivity contribution in [2.75, 3.05) is 70.8 Å². The summed E-state index contributed by atoms with van der Waals surface area (Å²) in [5.41, 5.74) is 9.35. The number of hydrogen-bond acceptors (Lipinski definition) is 14. The van der Waals surface area contributed by atoms with Gasteiger partial charge >= 0.3 is 0 Å². The van der Waals surface area contributed by atoms with Gasteiger partial charge in [-0.2, -0.15) is 5.10 Å². The highest BCUT2D eigenvalue weighted by Gasteiger charge is 2.45. The summed E-state index contributed by atoms with van der Waals surface area (Å²) >= 11 is 1.41. The first-order valence-electron chi connectivity index (χ1n) is 20.1. The van der Waals surface area contributed by atoms with Crippen LogP contribution in [0.1, 0.15) is 52.4 Å².